The van der Waals surface area contributed by atoms with Crippen LogP contribution in [0, 0.1) is 13.8 Å². The van der Waals surface area contributed by atoms with Crippen LogP contribution in [0.2, 0.25) is 0 Å². The van der Waals surface area contributed by atoms with Gasteiger partial charge in [0.2, 0.25) is 0 Å². The molecule has 0 spiro atoms. The molecule has 0 radical (unpaired) electrons. The molecular formula is C14H21N3O2S. The quantitative estimate of drug-likeness (QED) is 0.801. The van der Waals surface area contributed by atoms with E-state index >= 15 is 0 Å². The van der Waals surface area contributed by atoms with Crippen molar-refractivity contribution >= 4 is 28.3 Å². The fourth-order valence-electron chi connectivity index (χ4n) is 2.58. The Morgan fingerprint density at radius 2 is 1.85 bits per heavy atom. The lowest BCUT2D eigenvalue weighted by atomic mass is 9.96. The molecule has 3 amide bonds. The molecule has 0 aromatic carbocycles. The van der Waals surface area contributed by atoms with Gasteiger partial charge >= 0.3 is 6.03 Å². The second-order valence-electron chi connectivity index (χ2n) is 5.29. The van der Waals surface area contributed by atoms with E-state index in [2.05, 4.69) is 10.6 Å². The van der Waals surface area contributed by atoms with Gasteiger partial charge in [0, 0.05) is 10.9 Å². The summed E-state index contributed by atoms with van der Waals surface area (Å²) >= 11 is 1.39. The van der Waals surface area contributed by atoms with Crippen molar-refractivity contribution < 1.29 is 9.59 Å². The maximum Gasteiger partial charge on any atom is 0.320 e. The van der Waals surface area contributed by atoms with Crippen LogP contribution in [0.5, 0.6) is 0 Å². The summed E-state index contributed by atoms with van der Waals surface area (Å²) in [5.41, 5.74) is 6.65. The van der Waals surface area contributed by atoms with Crippen molar-refractivity contribution in [3.63, 3.8) is 0 Å². The Balaban J connectivity index is 2.04. The highest BCUT2D eigenvalue weighted by molar-refractivity contribution is 7.16. The average Bonchev–Trinajstić information content (AvgIpc) is 2.65. The number of rotatable bonds is 3. The Labute approximate surface area is 122 Å². The third-order valence-electron chi connectivity index (χ3n) is 3.80. The van der Waals surface area contributed by atoms with Crippen molar-refractivity contribution in [3.05, 3.63) is 16.0 Å². The SMILES string of the molecule is Cc1sc(NC(=O)NC2CCCCC2)c(C(N)=O)c1C. The Hall–Kier alpha value is -1.56. The molecular weight excluding hydrogens is 274 g/mol. The summed E-state index contributed by atoms with van der Waals surface area (Å²) in [6.07, 6.45) is 5.62. The van der Waals surface area contributed by atoms with Gasteiger partial charge in [0.25, 0.3) is 5.91 Å². The Kier molecular flexibility index (Phi) is 4.65. The van der Waals surface area contributed by atoms with E-state index in [-0.39, 0.29) is 12.1 Å². The minimum absolute atomic E-state index is 0.239. The van der Waals surface area contributed by atoms with Crippen molar-refractivity contribution in [1.29, 1.82) is 0 Å². The van der Waals surface area contributed by atoms with Crippen LogP contribution in [0.15, 0.2) is 0 Å². The molecule has 110 valence electrons. The molecule has 1 aliphatic rings. The summed E-state index contributed by atoms with van der Waals surface area (Å²) in [7, 11) is 0. The Morgan fingerprint density at radius 1 is 1.20 bits per heavy atom. The van der Waals surface area contributed by atoms with E-state index in [4.69, 9.17) is 5.73 Å². The highest BCUT2D eigenvalue weighted by Crippen LogP contribution is 2.32. The molecule has 0 atom stereocenters. The van der Waals surface area contributed by atoms with E-state index in [9.17, 15) is 9.59 Å². The lowest BCUT2D eigenvalue weighted by Crippen LogP contribution is -2.39. The molecule has 20 heavy (non-hydrogen) atoms. The largest absolute Gasteiger partial charge is 0.365 e. The predicted molar refractivity (Wildman–Crippen MR) is 81.3 cm³/mol. The smallest absolute Gasteiger partial charge is 0.320 e. The lowest BCUT2D eigenvalue weighted by molar-refractivity contribution is 0.100. The molecule has 1 aromatic rings. The van der Waals surface area contributed by atoms with Crippen molar-refractivity contribution in [2.24, 2.45) is 5.73 Å². The number of nitrogens with two attached hydrogens (primary N) is 1. The topological polar surface area (TPSA) is 84.2 Å². The second kappa shape index (κ2) is 6.26. The standard InChI is InChI=1S/C14H21N3O2S/c1-8-9(2)20-13(11(8)12(15)18)17-14(19)16-10-6-4-3-5-7-10/h10H,3-7H2,1-2H3,(H2,15,18)(H2,16,17,19). The molecule has 1 heterocycles. The highest BCUT2D eigenvalue weighted by atomic mass is 32.1. The maximum atomic E-state index is 12.0. The van der Waals surface area contributed by atoms with Crippen LogP contribution in [0.1, 0.15) is 52.9 Å². The fourth-order valence-corrected chi connectivity index (χ4v) is 3.64. The number of carbonyl (C=O) groups excluding carboxylic acids is 2. The first-order valence-corrected chi connectivity index (χ1v) is 7.78. The molecule has 4 N–H and O–H groups in total. The summed E-state index contributed by atoms with van der Waals surface area (Å²) in [5, 5.41) is 6.28. The number of primary amides is 1. The summed E-state index contributed by atoms with van der Waals surface area (Å²) in [6.45, 7) is 3.76. The number of hydrogen-bond donors (Lipinski definition) is 3. The van der Waals surface area contributed by atoms with Gasteiger partial charge < -0.3 is 11.1 Å². The second-order valence-corrected chi connectivity index (χ2v) is 6.51. The van der Waals surface area contributed by atoms with Gasteiger partial charge in [0.15, 0.2) is 0 Å². The van der Waals surface area contributed by atoms with Gasteiger partial charge in [-0.05, 0) is 32.3 Å². The van der Waals surface area contributed by atoms with E-state index in [0.717, 1.165) is 36.1 Å². The number of nitrogens with one attached hydrogen (secondary N) is 2. The van der Waals surface area contributed by atoms with Crippen LogP contribution in [-0.4, -0.2) is 18.0 Å². The summed E-state index contributed by atoms with van der Waals surface area (Å²) in [5.74, 6) is -0.500. The lowest BCUT2D eigenvalue weighted by Gasteiger charge is -2.22. The van der Waals surface area contributed by atoms with E-state index in [1.807, 2.05) is 13.8 Å². The number of amides is 3. The van der Waals surface area contributed by atoms with Gasteiger partial charge in [-0.3, -0.25) is 10.1 Å². The Bertz CT molecular complexity index is 519. The van der Waals surface area contributed by atoms with E-state index in [0.29, 0.717) is 10.6 Å². The van der Waals surface area contributed by atoms with Crippen molar-refractivity contribution in [2.75, 3.05) is 5.32 Å². The third kappa shape index (κ3) is 3.30. The number of aryl methyl sites for hydroxylation is 1. The number of urea groups is 1. The molecule has 6 heteroatoms. The van der Waals surface area contributed by atoms with Gasteiger partial charge in [0.1, 0.15) is 5.00 Å². The van der Waals surface area contributed by atoms with Crippen LogP contribution >= 0.6 is 11.3 Å². The molecule has 0 aliphatic heterocycles. The molecule has 5 nitrogen and oxygen atoms in total. The Morgan fingerprint density at radius 3 is 2.45 bits per heavy atom. The van der Waals surface area contributed by atoms with E-state index in [1.54, 1.807) is 0 Å². The number of carbonyl (C=O) groups is 2. The van der Waals surface area contributed by atoms with Crippen LogP contribution in [0.4, 0.5) is 9.80 Å². The van der Waals surface area contributed by atoms with Gasteiger partial charge in [-0.1, -0.05) is 19.3 Å². The third-order valence-corrected chi connectivity index (χ3v) is 4.92. The van der Waals surface area contributed by atoms with Gasteiger partial charge in [0.05, 0.1) is 5.56 Å². The van der Waals surface area contributed by atoms with Crippen LogP contribution in [0.3, 0.4) is 0 Å². The van der Waals surface area contributed by atoms with Crippen LogP contribution in [-0.2, 0) is 0 Å². The van der Waals surface area contributed by atoms with Gasteiger partial charge in [-0.15, -0.1) is 11.3 Å². The minimum Gasteiger partial charge on any atom is -0.365 e. The zero-order valence-corrected chi connectivity index (χ0v) is 12.7. The molecule has 2 rings (SSSR count). The van der Waals surface area contributed by atoms with Gasteiger partial charge in [-0.25, -0.2) is 4.79 Å². The number of thiophene rings is 1. The monoisotopic (exact) mass is 295 g/mol. The molecule has 1 aliphatic carbocycles. The maximum absolute atomic E-state index is 12.0. The van der Waals surface area contributed by atoms with Crippen LogP contribution < -0.4 is 16.4 Å². The average molecular weight is 295 g/mol. The summed E-state index contributed by atoms with van der Waals surface area (Å²) in [4.78, 5) is 24.5. The number of hydrogen-bond acceptors (Lipinski definition) is 3. The molecule has 1 aromatic heterocycles. The summed E-state index contributed by atoms with van der Waals surface area (Å²) in [6, 6.07) is -0.0106. The zero-order chi connectivity index (χ0) is 14.7. The van der Waals surface area contributed by atoms with E-state index in [1.165, 1.54) is 17.8 Å². The zero-order valence-electron chi connectivity index (χ0n) is 11.9. The highest BCUT2D eigenvalue weighted by Gasteiger charge is 2.20. The first-order chi connectivity index (χ1) is 9.49. The normalized spacial score (nSPS) is 15.9. The first kappa shape index (κ1) is 14.8. The first-order valence-electron chi connectivity index (χ1n) is 6.96. The molecule has 0 saturated heterocycles. The minimum atomic E-state index is -0.500. The molecule has 0 unspecified atom stereocenters. The summed E-state index contributed by atoms with van der Waals surface area (Å²) < 4.78 is 0. The van der Waals surface area contributed by atoms with Crippen molar-refractivity contribution in [1.82, 2.24) is 5.32 Å². The predicted octanol–water partition coefficient (Wildman–Crippen LogP) is 2.92. The van der Waals surface area contributed by atoms with Gasteiger partial charge in [-0.2, -0.15) is 0 Å². The fraction of sp³-hybridized carbons (Fsp3) is 0.571. The molecule has 1 saturated carbocycles. The molecule has 1 fully saturated rings. The van der Waals surface area contributed by atoms with Crippen molar-refractivity contribution in [3.8, 4) is 0 Å². The number of anilines is 1. The molecule has 0 bridgehead atoms. The van der Waals surface area contributed by atoms with E-state index < -0.39 is 5.91 Å². The van der Waals surface area contributed by atoms with Crippen LogP contribution in [0.25, 0.3) is 0 Å². The van der Waals surface area contributed by atoms with Crippen molar-refractivity contribution in [2.45, 2.75) is 52.0 Å².